The molecule has 0 bridgehead atoms. The van der Waals surface area contributed by atoms with Gasteiger partial charge in [0.2, 0.25) is 5.82 Å². The second-order valence-electron chi connectivity index (χ2n) is 4.25. The quantitative estimate of drug-likeness (QED) is 0.377. The number of rotatable bonds is 10. The zero-order chi connectivity index (χ0) is 15.7. The lowest BCUT2D eigenvalue weighted by Crippen LogP contribution is -2.31. The van der Waals surface area contributed by atoms with E-state index in [9.17, 15) is 14.5 Å². The van der Waals surface area contributed by atoms with Crippen LogP contribution in [0.4, 0.5) is 15.8 Å². The van der Waals surface area contributed by atoms with Gasteiger partial charge in [-0.1, -0.05) is 6.07 Å². The van der Waals surface area contributed by atoms with E-state index in [1.165, 1.54) is 6.07 Å². The molecule has 0 N–H and O–H groups in total. The predicted octanol–water partition coefficient (Wildman–Crippen LogP) is 2.61. The lowest BCUT2D eigenvalue weighted by molar-refractivity contribution is -0.386. The molecule has 1 aromatic rings. The summed E-state index contributed by atoms with van der Waals surface area (Å²) in [4.78, 5) is 12.1. The van der Waals surface area contributed by atoms with Crippen molar-refractivity contribution < 1.29 is 18.8 Å². The highest BCUT2D eigenvalue weighted by Gasteiger charge is 2.23. The Morgan fingerprint density at radius 3 is 2.24 bits per heavy atom. The van der Waals surface area contributed by atoms with E-state index < -0.39 is 16.4 Å². The molecule has 0 radical (unpaired) electrons. The Hall–Kier alpha value is -1.73. The van der Waals surface area contributed by atoms with Crippen LogP contribution in [0.1, 0.15) is 13.8 Å². The van der Waals surface area contributed by atoms with Crippen molar-refractivity contribution in [3.63, 3.8) is 0 Å². The molecule has 0 aliphatic rings. The molecule has 0 aliphatic heterocycles. The fraction of sp³-hybridized carbons (Fsp3) is 0.571. The topological polar surface area (TPSA) is 64.8 Å². The van der Waals surface area contributed by atoms with Gasteiger partial charge >= 0.3 is 5.69 Å². The van der Waals surface area contributed by atoms with Crippen LogP contribution < -0.4 is 4.90 Å². The van der Waals surface area contributed by atoms with Crippen molar-refractivity contribution in [3.8, 4) is 0 Å². The zero-order valence-corrected chi connectivity index (χ0v) is 12.4. The third-order valence-corrected chi connectivity index (χ3v) is 2.91. The molecule has 0 aromatic heterocycles. The summed E-state index contributed by atoms with van der Waals surface area (Å²) in [6, 6.07) is 4.09. The number of nitro benzene ring substituents is 1. The second-order valence-corrected chi connectivity index (χ2v) is 4.25. The monoisotopic (exact) mass is 300 g/mol. The Morgan fingerprint density at radius 1 is 1.19 bits per heavy atom. The van der Waals surface area contributed by atoms with Gasteiger partial charge in [-0.2, -0.15) is 4.39 Å². The summed E-state index contributed by atoms with van der Waals surface area (Å²) in [7, 11) is 0. The zero-order valence-electron chi connectivity index (χ0n) is 12.4. The van der Waals surface area contributed by atoms with Crippen molar-refractivity contribution in [1.29, 1.82) is 0 Å². The molecule has 0 saturated carbocycles. The predicted molar refractivity (Wildman–Crippen MR) is 78.3 cm³/mol. The largest absolute Gasteiger partial charge is 0.380 e. The maximum absolute atomic E-state index is 13.7. The number of nitro groups is 1. The van der Waals surface area contributed by atoms with Gasteiger partial charge in [-0.05, 0) is 26.0 Å². The summed E-state index contributed by atoms with van der Waals surface area (Å²) >= 11 is 0. The van der Waals surface area contributed by atoms with Crippen LogP contribution in [0.5, 0.6) is 0 Å². The SMILES string of the molecule is CCOCCN(CCOCC)c1cccc(F)c1[N+](=O)[O-]. The van der Waals surface area contributed by atoms with E-state index in [4.69, 9.17) is 9.47 Å². The van der Waals surface area contributed by atoms with Crippen LogP contribution in [0.2, 0.25) is 0 Å². The van der Waals surface area contributed by atoms with Crippen molar-refractivity contribution in [1.82, 2.24) is 0 Å². The molecule has 0 heterocycles. The molecule has 0 amide bonds. The summed E-state index contributed by atoms with van der Waals surface area (Å²) in [5.41, 5.74) is -0.259. The minimum Gasteiger partial charge on any atom is -0.380 e. The molecule has 0 aliphatic carbocycles. The van der Waals surface area contributed by atoms with Gasteiger partial charge < -0.3 is 14.4 Å². The number of para-hydroxylation sites is 1. The maximum atomic E-state index is 13.7. The van der Waals surface area contributed by atoms with Crippen molar-refractivity contribution in [2.75, 3.05) is 44.4 Å². The molecular weight excluding hydrogens is 279 g/mol. The summed E-state index contributed by atoms with van der Waals surface area (Å²) in [6.07, 6.45) is 0. The number of nitrogens with zero attached hydrogens (tertiary/aromatic N) is 2. The van der Waals surface area contributed by atoms with E-state index in [2.05, 4.69) is 0 Å². The van der Waals surface area contributed by atoms with Crippen LogP contribution in [-0.4, -0.2) is 44.4 Å². The van der Waals surface area contributed by atoms with Gasteiger partial charge in [0, 0.05) is 26.3 Å². The number of hydrogen-bond acceptors (Lipinski definition) is 5. The van der Waals surface area contributed by atoms with Gasteiger partial charge in [0.15, 0.2) is 0 Å². The van der Waals surface area contributed by atoms with Gasteiger partial charge in [-0.3, -0.25) is 10.1 Å². The van der Waals surface area contributed by atoms with Gasteiger partial charge in [0.1, 0.15) is 5.69 Å². The Bertz CT molecular complexity index is 447. The number of halogens is 1. The smallest absolute Gasteiger partial charge is 0.327 e. The van der Waals surface area contributed by atoms with E-state index in [1.807, 2.05) is 13.8 Å². The Balaban J connectivity index is 2.95. The maximum Gasteiger partial charge on any atom is 0.327 e. The first-order valence-corrected chi connectivity index (χ1v) is 6.95. The number of hydrogen-bond donors (Lipinski definition) is 0. The van der Waals surface area contributed by atoms with E-state index in [1.54, 1.807) is 11.0 Å². The van der Waals surface area contributed by atoms with Gasteiger partial charge in [0.05, 0.1) is 18.1 Å². The summed E-state index contributed by atoms with van der Waals surface area (Å²) in [5.74, 6) is -0.838. The molecule has 6 nitrogen and oxygen atoms in total. The lowest BCUT2D eigenvalue weighted by Gasteiger charge is -2.24. The molecule has 21 heavy (non-hydrogen) atoms. The number of benzene rings is 1. The average Bonchev–Trinajstić information content (AvgIpc) is 2.45. The number of ether oxygens (including phenoxy) is 2. The Morgan fingerprint density at radius 2 is 1.76 bits per heavy atom. The Kier molecular flexibility index (Phi) is 7.63. The molecule has 0 atom stereocenters. The van der Waals surface area contributed by atoms with Gasteiger partial charge in [0.25, 0.3) is 0 Å². The second kappa shape index (κ2) is 9.25. The molecule has 1 aromatic carbocycles. The summed E-state index contributed by atoms with van der Waals surface area (Å²) in [5, 5.41) is 11.1. The Labute approximate surface area is 123 Å². The highest BCUT2D eigenvalue weighted by Crippen LogP contribution is 2.30. The van der Waals surface area contributed by atoms with Gasteiger partial charge in [-0.15, -0.1) is 0 Å². The first kappa shape index (κ1) is 17.3. The van der Waals surface area contributed by atoms with Gasteiger partial charge in [-0.25, -0.2) is 0 Å². The molecule has 1 rings (SSSR count). The molecule has 0 fully saturated rings. The van der Waals surface area contributed by atoms with E-state index in [-0.39, 0.29) is 5.69 Å². The van der Waals surface area contributed by atoms with Crippen LogP contribution in [-0.2, 0) is 9.47 Å². The fourth-order valence-electron chi connectivity index (χ4n) is 1.93. The van der Waals surface area contributed by atoms with Crippen LogP contribution in [0.25, 0.3) is 0 Å². The molecular formula is C14H21FN2O4. The van der Waals surface area contributed by atoms with Crippen molar-refractivity contribution in [2.45, 2.75) is 13.8 Å². The minimum absolute atomic E-state index is 0.249. The highest BCUT2D eigenvalue weighted by atomic mass is 19.1. The van der Waals surface area contributed by atoms with E-state index in [0.717, 1.165) is 6.07 Å². The standard InChI is InChI=1S/C14H21FN2O4/c1-3-20-10-8-16(9-11-21-4-2)13-7-5-6-12(15)14(13)17(18)19/h5-7H,3-4,8-11H2,1-2H3. The number of anilines is 1. The van der Waals surface area contributed by atoms with E-state index >= 15 is 0 Å². The molecule has 0 saturated heterocycles. The van der Waals surface area contributed by atoms with Crippen LogP contribution in [0, 0.1) is 15.9 Å². The lowest BCUT2D eigenvalue weighted by atomic mass is 10.2. The summed E-state index contributed by atoms with van der Waals surface area (Å²) < 4.78 is 24.3. The van der Waals surface area contributed by atoms with Crippen LogP contribution in [0.15, 0.2) is 18.2 Å². The third kappa shape index (κ3) is 5.28. The van der Waals surface area contributed by atoms with Crippen LogP contribution >= 0.6 is 0 Å². The average molecular weight is 300 g/mol. The third-order valence-electron chi connectivity index (χ3n) is 2.91. The van der Waals surface area contributed by atoms with Crippen LogP contribution in [0.3, 0.4) is 0 Å². The molecule has 0 unspecified atom stereocenters. The van der Waals surface area contributed by atoms with Crippen molar-refractivity contribution in [3.05, 3.63) is 34.1 Å². The first-order chi connectivity index (χ1) is 10.1. The highest BCUT2D eigenvalue weighted by molar-refractivity contribution is 5.63. The molecule has 118 valence electrons. The molecule has 7 heteroatoms. The van der Waals surface area contributed by atoms with Crippen molar-refractivity contribution >= 4 is 11.4 Å². The first-order valence-electron chi connectivity index (χ1n) is 6.95. The van der Waals surface area contributed by atoms with E-state index in [0.29, 0.717) is 39.5 Å². The molecule has 0 spiro atoms. The summed E-state index contributed by atoms with van der Waals surface area (Å²) in [6.45, 7) is 6.56. The minimum atomic E-state index is -0.838. The van der Waals surface area contributed by atoms with Crippen molar-refractivity contribution in [2.24, 2.45) is 0 Å². The fourth-order valence-corrected chi connectivity index (χ4v) is 1.93. The normalized spacial score (nSPS) is 10.6.